The number of hydrogen-bond donors (Lipinski definition) is 3. The molecule has 3 N–H and O–H groups in total. The van der Waals surface area contributed by atoms with E-state index in [0.29, 0.717) is 61.8 Å². The van der Waals surface area contributed by atoms with Gasteiger partial charge in [0.15, 0.2) is 0 Å². The van der Waals surface area contributed by atoms with E-state index in [-0.39, 0.29) is 17.8 Å². The van der Waals surface area contributed by atoms with Crippen LogP contribution in [0.3, 0.4) is 0 Å². The molecule has 1 aliphatic rings. The summed E-state index contributed by atoms with van der Waals surface area (Å²) >= 11 is 0. The molecule has 2 aromatic carbocycles. The zero-order valence-electron chi connectivity index (χ0n) is 21.1. The molecule has 4 amide bonds. The fourth-order valence-corrected chi connectivity index (χ4v) is 4.29. The number of carbonyl (C=O) groups excluding carboxylic acids is 3. The number of anilines is 1. The summed E-state index contributed by atoms with van der Waals surface area (Å²) in [4.78, 5) is 39.0. The predicted molar refractivity (Wildman–Crippen MR) is 140 cm³/mol. The Hall–Kier alpha value is -3.86. The highest BCUT2D eigenvalue weighted by atomic mass is 16.2. The van der Waals surface area contributed by atoms with Crippen LogP contribution in [0.4, 0.5) is 10.5 Å². The molecule has 0 atom stereocenters. The number of piperidine rings is 1. The van der Waals surface area contributed by atoms with Gasteiger partial charge < -0.3 is 20.9 Å². The van der Waals surface area contributed by atoms with Crippen LogP contribution in [0.1, 0.15) is 72.0 Å². The normalized spacial score (nSPS) is 13.5. The lowest BCUT2D eigenvalue weighted by Crippen LogP contribution is -2.38. The van der Waals surface area contributed by atoms with Crippen molar-refractivity contribution in [1.29, 1.82) is 5.26 Å². The third kappa shape index (κ3) is 7.57. The molecular weight excluding hydrogens is 454 g/mol. The van der Waals surface area contributed by atoms with Crippen molar-refractivity contribution in [2.45, 2.75) is 51.9 Å². The molecular formula is C28H35N5O3. The van der Waals surface area contributed by atoms with Crippen LogP contribution in [0.25, 0.3) is 0 Å². The number of hydrogen-bond acceptors (Lipinski definition) is 4. The average Bonchev–Trinajstić information content (AvgIpc) is 2.91. The summed E-state index contributed by atoms with van der Waals surface area (Å²) < 4.78 is 0. The molecule has 2 aromatic rings. The molecule has 3 rings (SSSR count). The number of benzene rings is 2. The van der Waals surface area contributed by atoms with Gasteiger partial charge in [-0.25, -0.2) is 4.79 Å². The first-order valence-electron chi connectivity index (χ1n) is 12.6. The molecule has 0 aromatic heterocycles. The molecule has 0 bridgehead atoms. The van der Waals surface area contributed by atoms with Gasteiger partial charge in [-0.2, -0.15) is 5.26 Å². The number of amides is 4. The summed E-state index contributed by atoms with van der Waals surface area (Å²) in [5.74, 6) is 0.315. The van der Waals surface area contributed by atoms with Gasteiger partial charge in [0.25, 0.3) is 5.91 Å². The third-order valence-electron chi connectivity index (χ3n) is 6.46. The van der Waals surface area contributed by atoms with Gasteiger partial charge in [-0.3, -0.25) is 9.59 Å². The van der Waals surface area contributed by atoms with Crippen molar-refractivity contribution in [2.24, 2.45) is 0 Å². The van der Waals surface area contributed by atoms with E-state index >= 15 is 0 Å². The van der Waals surface area contributed by atoms with E-state index in [2.05, 4.69) is 22.0 Å². The van der Waals surface area contributed by atoms with Crippen molar-refractivity contribution in [2.75, 3.05) is 31.5 Å². The fourth-order valence-electron chi connectivity index (χ4n) is 4.29. The molecule has 1 aliphatic heterocycles. The highest BCUT2D eigenvalue weighted by Gasteiger charge is 2.25. The van der Waals surface area contributed by atoms with Gasteiger partial charge >= 0.3 is 6.03 Å². The predicted octanol–water partition coefficient (Wildman–Crippen LogP) is 4.31. The maximum absolute atomic E-state index is 13.1. The minimum atomic E-state index is -0.361. The van der Waals surface area contributed by atoms with Gasteiger partial charge in [0.1, 0.15) is 0 Å². The second kappa shape index (κ2) is 13.3. The minimum absolute atomic E-state index is 0.0120. The number of rotatable bonds is 9. The van der Waals surface area contributed by atoms with Gasteiger partial charge in [0.2, 0.25) is 5.91 Å². The van der Waals surface area contributed by atoms with E-state index in [1.165, 1.54) is 5.56 Å². The molecule has 8 heteroatoms. The topological polar surface area (TPSA) is 114 Å². The molecule has 1 saturated heterocycles. The van der Waals surface area contributed by atoms with Crippen LogP contribution in [0.2, 0.25) is 0 Å². The Labute approximate surface area is 213 Å². The number of likely N-dealkylation sites (tertiary alicyclic amines) is 1. The fraction of sp³-hybridized carbons (Fsp3) is 0.429. The highest BCUT2D eigenvalue weighted by Crippen LogP contribution is 2.29. The molecule has 0 radical (unpaired) electrons. The van der Waals surface area contributed by atoms with Crippen LogP contribution in [0, 0.1) is 18.3 Å². The smallest absolute Gasteiger partial charge is 0.319 e. The van der Waals surface area contributed by atoms with Crippen molar-refractivity contribution in [1.82, 2.24) is 15.5 Å². The van der Waals surface area contributed by atoms with Crippen LogP contribution >= 0.6 is 0 Å². The summed E-state index contributed by atoms with van der Waals surface area (Å²) in [6.45, 7) is 6.25. The molecule has 0 spiro atoms. The van der Waals surface area contributed by atoms with Crippen molar-refractivity contribution in [3.63, 3.8) is 0 Å². The lowest BCUT2D eigenvalue weighted by Gasteiger charge is -2.32. The van der Waals surface area contributed by atoms with E-state index in [1.54, 1.807) is 12.1 Å². The number of carbonyl (C=O) groups is 3. The molecule has 1 heterocycles. The monoisotopic (exact) mass is 489 g/mol. The standard InChI is InChI=1S/C28H35N5O3/c1-3-14-30-26(34)5-4-15-31-28(36)32-25-18-24(9-6-20(25)2)27(35)33-16-12-23(13-17-33)22-10-7-21(19-29)8-11-22/h6-11,18,23H,3-5,12-17H2,1-2H3,(H,30,34)(H2,31,32,36). The van der Waals surface area contributed by atoms with Crippen LogP contribution < -0.4 is 16.0 Å². The first kappa shape index (κ1) is 26.7. The Bertz CT molecular complexity index is 1100. The average molecular weight is 490 g/mol. The van der Waals surface area contributed by atoms with Gasteiger partial charge in [0.05, 0.1) is 11.6 Å². The summed E-state index contributed by atoms with van der Waals surface area (Å²) in [6, 6.07) is 14.8. The Morgan fingerprint density at radius 3 is 2.42 bits per heavy atom. The quantitative estimate of drug-likeness (QED) is 0.455. The number of nitriles is 1. The lowest BCUT2D eigenvalue weighted by molar-refractivity contribution is -0.121. The van der Waals surface area contributed by atoms with Crippen molar-refractivity contribution >= 4 is 23.5 Å². The second-order valence-corrected chi connectivity index (χ2v) is 9.16. The zero-order valence-corrected chi connectivity index (χ0v) is 21.1. The lowest BCUT2D eigenvalue weighted by atomic mass is 9.89. The number of aryl methyl sites for hydroxylation is 1. The van der Waals surface area contributed by atoms with Gasteiger partial charge in [-0.1, -0.05) is 25.1 Å². The summed E-state index contributed by atoms with van der Waals surface area (Å²) in [5, 5.41) is 17.4. The van der Waals surface area contributed by atoms with Gasteiger partial charge in [0, 0.05) is 43.9 Å². The van der Waals surface area contributed by atoms with Gasteiger partial charge in [-0.05, 0) is 73.9 Å². The highest BCUT2D eigenvalue weighted by molar-refractivity contribution is 5.97. The Balaban J connectivity index is 1.49. The van der Waals surface area contributed by atoms with Crippen LogP contribution in [-0.2, 0) is 4.79 Å². The maximum atomic E-state index is 13.1. The Kier molecular flexibility index (Phi) is 9.87. The van der Waals surface area contributed by atoms with Crippen molar-refractivity contribution in [3.8, 4) is 6.07 Å². The number of urea groups is 1. The largest absolute Gasteiger partial charge is 0.356 e. The Morgan fingerprint density at radius 2 is 1.75 bits per heavy atom. The number of nitrogens with zero attached hydrogens (tertiary/aromatic N) is 2. The zero-order chi connectivity index (χ0) is 25.9. The first-order chi connectivity index (χ1) is 17.4. The summed E-state index contributed by atoms with van der Waals surface area (Å²) in [7, 11) is 0. The number of nitrogens with one attached hydrogen (secondary N) is 3. The van der Waals surface area contributed by atoms with E-state index < -0.39 is 0 Å². The van der Waals surface area contributed by atoms with E-state index in [4.69, 9.17) is 5.26 Å². The van der Waals surface area contributed by atoms with Crippen molar-refractivity contribution in [3.05, 3.63) is 64.7 Å². The van der Waals surface area contributed by atoms with E-state index in [1.807, 2.05) is 49.1 Å². The third-order valence-corrected chi connectivity index (χ3v) is 6.46. The van der Waals surface area contributed by atoms with Crippen LogP contribution in [0.5, 0.6) is 0 Å². The maximum Gasteiger partial charge on any atom is 0.319 e. The van der Waals surface area contributed by atoms with E-state index in [0.717, 1.165) is 24.8 Å². The van der Waals surface area contributed by atoms with Crippen molar-refractivity contribution < 1.29 is 14.4 Å². The second-order valence-electron chi connectivity index (χ2n) is 9.16. The van der Waals surface area contributed by atoms with Crippen LogP contribution in [-0.4, -0.2) is 48.9 Å². The molecule has 36 heavy (non-hydrogen) atoms. The van der Waals surface area contributed by atoms with Gasteiger partial charge in [-0.15, -0.1) is 0 Å². The molecule has 190 valence electrons. The summed E-state index contributed by atoms with van der Waals surface area (Å²) in [6.07, 6.45) is 3.55. The SMILES string of the molecule is CCCNC(=O)CCCNC(=O)Nc1cc(C(=O)N2CCC(c3ccc(C#N)cc3)CC2)ccc1C. The molecule has 1 fully saturated rings. The van der Waals surface area contributed by atoms with E-state index in [9.17, 15) is 14.4 Å². The minimum Gasteiger partial charge on any atom is -0.356 e. The Morgan fingerprint density at radius 1 is 1.03 bits per heavy atom. The molecule has 0 unspecified atom stereocenters. The molecule has 8 nitrogen and oxygen atoms in total. The first-order valence-corrected chi connectivity index (χ1v) is 12.6. The van der Waals surface area contributed by atoms with Crippen LogP contribution in [0.15, 0.2) is 42.5 Å². The molecule has 0 aliphatic carbocycles. The summed E-state index contributed by atoms with van der Waals surface area (Å²) in [5.41, 5.74) is 3.85. The molecule has 0 saturated carbocycles.